The molecule has 3 atom stereocenters. The number of rotatable bonds is 13. The second-order valence-corrected chi connectivity index (χ2v) is 7.91. The second kappa shape index (κ2) is 13.0. The highest BCUT2D eigenvalue weighted by atomic mass is 16.5. The molecule has 1 fully saturated rings. The van der Waals surface area contributed by atoms with Crippen LogP contribution in [0.3, 0.4) is 0 Å². The predicted octanol–water partition coefficient (Wildman–Crippen LogP) is 2.12. The monoisotopic (exact) mass is 406 g/mol. The summed E-state index contributed by atoms with van der Waals surface area (Å²) in [5.41, 5.74) is 2.28. The first-order chi connectivity index (χ1) is 14.1. The molecule has 7 heteroatoms. The summed E-state index contributed by atoms with van der Waals surface area (Å²) in [6.45, 7) is 8.24. The molecule has 0 bridgehead atoms. The molecule has 0 radical (unpaired) electrons. The molecule has 1 aliphatic rings. The molecule has 2 rings (SSSR count). The average Bonchev–Trinajstić information content (AvgIpc) is 2.72. The van der Waals surface area contributed by atoms with Crippen molar-refractivity contribution in [2.24, 2.45) is 0 Å². The van der Waals surface area contributed by atoms with E-state index in [2.05, 4.69) is 70.6 Å². The van der Waals surface area contributed by atoms with Crippen molar-refractivity contribution < 1.29 is 4.74 Å². The molecule has 3 unspecified atom stereocenters. The fraction of sp³-hybridized carbons (Fsp3) is 0.727. The normalized spacial score (nSPS) is 22.6. The molecule has 5 N–H and O–H groups in total. The lowest BCUT2D eigenvalue weighted by atomic mass is 10.1. The molecule has 166 valence electrons. The van der Waals surface area contributed by atoms with Crippen molar-refractivity contribution in [2.75, 3.05) is 46.2 Å². The van der Waals surface area contributed by atoms with Crippen LogP contribution in [-0.2, 0) is 6.54 Å². The highest BCUT2D eigenvalue weighted by Gasteiger charge is 2.32. The van der Waals surface area contributed by atoms with E-state index in [0.29, 0.717) is 12.2 Å². The van der Waals surface area contributed by atoms with Gasteiger partial charge in [0.25, 0.3) is 0 Å². The molecular weight excluding hydrogens is 364 g/mol. The molecule has 1 aliphatic heterocycles. The summed E-state index contributed by atoms with van der Waals surface area (Å²) in [6, 6.07) is 6.81. The van der Waals surface area contributed by atoms with Gasteiger partial charge in [-0.05, 0) is 52.1 Å². The standard InChI is InChI=1S/C22H42N6O/c1-6-7-8-13-28-21(24-4)14-17(2)26-22(28)27-19-9-10-20(29-5)18(15-19)16-25-12-11-23-3/h9-10,15,17,21-27H,6-8,11-14,16H2,1-5H3. The minimum atomic E-state index is 0.103. The van der Waals surface area contributed by atoms with Gasteiger partial charge in [-0.15, -0.1) is 0 Å². The highest BCUT2D eigenvalue weighted by Crippen LogP contribution is 2.25. The van der Waals surface area contributed by atoms with Crippen LogP contribution in [0.15, 0.2) is 18.2 Å². The molecule has 7 nitrogen and oxygen atoms in total. The molecule has 1 saturated heterocycles. The van der Waals surface area contributed by atoms with Crippen LogP contribution in [0, 0.1) is 0 Å². The maximum Gasteiger partial charge on any atom is 0.136 e. The number of nitrogens with one attached hydrogen (secondary N) is 5. The van der Waals surface area contributed by atoms with Gasteiger partial charge in [-0.1, -0.05) is 19.8 Å². The minimum absolute atomic E-state index is 0.103. The van der Waals surface area contributed by atoms with Crippen LogP contribution in [-0.4, -0.2) is 64.2 Å². The summed E-state index contributed by atoms with van der Waals surface area (Å²) in [5.74, 6) is 0.922. The van der Waals surface area contributed by atoms with Crippen molar-refractivity contribution in [3.05, 3.63) is 23.8 Å². The van der Waals surface area contributed by atoms with E-state index in [1.165, 1.54) is 24.8 Å². The first kappa shape index (κ1) is 23.9. The first-order valence-electron chi connectivity index (χ1n) is 11.1. The Balaban J connectivity index is 2.10. The zero-order valence-corrected chi connectivity index (χ0v) is 19.0. The van der Waals surface area contributed by atoms with Crippen LogP contribution >= 0.6 is 0 Å². The van der Waals surface area contributed by atoms with Crippen LogP contribution < -0.4 is 31.3 Å². The molecule has 0 spiro atoms. The number of benzene rings is 1. The van der Waals surface area contributed by atoms with Crippen LogP contribution in [0.5, 0.6) is 5.75 Å². The van der Waals surface area contributed by atoms with E-state index in [1.54, 1.807) is 7.11 Å². The van der Waals surface area contributed by atoms with Crippen molar-refractivity contribution in [3.8, 4) is 5.75 Å². The third-order valence-electron chi connectivity index (χ3n) is 5.56. The molecule has 0 aliphatic carbocycles. The largest absolute Gasteiger partial charge is 0.496 e. The second-order valence-electron chi connectivity index (χ2n) is 7.91. The van der Waals surface area contributed by atoms with E-state index in [4.69, 9.17) is 4.74 Å². The zero-order chi connectivity index (χ0) is 21.1. The number of hydrogen-bond donors (Lipinski definition) is 5. The summed E-state index contributed by atoms with van der Waals surface area (Å²) < 4.78 is 5.57. The van der Waals surface area contributed by atoms with Crippen LogP contribution in [0.25, 0.3) is 0 Å². The van der Waals surface area contributed by atoms with Crippen molar-refractivity contribution in [3.63, 3.8) is 0 Å². The third kappa shape index (κ3) is 7.42. The number of likely N-dealkylation sites (N-methyl/N-ethyl adjacent to an activating group) is 1. The Morgan fingerprint density at radius 2 is 2.03 bits per heavy atom. The van der Waals surface area contributed by atoms with Gasteiger partial charge >= 0.3 is 0 Å². The number of nitrogens with zero attached hydrogens (tertiary/aromatic N) is 1. The number of methoxy groups -OCH3 is 1. The van der Waals surface area contributed by atoms with Crippen molar-refractivity contribution in [2.45, 2.75) is 64.6 Å². The summed E-state index contributed by atoms with van der Waals surface area (Å²) in [4.78, 5) is 2.52. The number of unbranched alkanes of at least 4 members (excludes halogenated alkanes) is 2. The van der Waals surface area contributed by atoms with Gasteiger partial charge in [-0.25, -0.2) is 0 Å². The lowest BCUT2D eigenvalue weighted by Crippen LogP contribution is -2.65. The van der Waals surface area contributed by atoms with Crippen LogP contribution in [0.1, 0.15) is 45.1 Å². The van der Waals surface area contributed by atoms with Crippen molar-refractivity contribution in [1.82, 2.24) is 26.2 Å². The molecular formula is C22H42N6O. The fourth-order valence-corrected chi connectivity index (χ4v) is 3.92. The Bertz CT molecular complexity index is 584. The zero-order valence-electron chi connectivity index (χ0n) is 19.0. The fourth-order valence-electron chi connectivity index (χ4n) is 3.92. The summed E-state index contributed by atoms with van der Waals surface area (Å²) in [6.07, 6.45) is 5.30. The van der Waals surface area contributed by atoms with Gasteiger partial charge in [0.05, 0.1) is 13.3 Å². The first-order valence-corrected chi connectivity index (χ1v) is 11.1. The van der Waals surface area contributed by atoms with Crippen molar-refractivity contribution >= 4 is 5.69 Å². The van der Waals surface area contributed by atoms with Gasteiger partial charge < -0.3 is 26.0 Å². The van der Waals surface area contributed by atoms with E-state index in [-0.39, 0.29) is 6.29 Å². The predicted molar refractivity (Wildman–Crippen MR) is 122 cm³/mol. The van der Waals surface area contributed by atoms with Crippen molar-refractivity contribution in [1.29, 1.82) is 0 Å². The molecule has 1 aromatic carbocycles. The Labute approximate surface area is 177 Å². The van der Waals surface area contributed by atoms with Crippen LogP contribution in [0.4, 0.5) is 5.69 Å². The Kier molecular flexibility index (Phi) is 10.7. The van der Waals surface area contributed by atoms with Gasteiger partial charge in [0, 0.05) is 43.5 Å². The van der Waals surface area contributed by atoms with Gasteiger partial charge in [0.1, 0.15) is 12.0 Å². The topological polar surface area (TPSA) is 72.6 Å². The van der Waals surface area contributed by atoms with E-state index >= 15 is 0 Å². The quantitative estimate of drug-likeness (QED) is 0.321. The van der Waals surface area contributed by atoms with Gasteiger partial charge in [-0.3, -0.25) is 10.2 Å². The Hall–Kier alpha value is -1.38. The van der Waals surface area contributed by atoms with E-state index < -0.39 is 0 Å². The third-order valence-corrected chi connectivity index (χ3v) is 5.56. The average molecular weight is 407 g/mol. The molecule has 0 saturated carbocycles. The highest BCUT2D eigenvalue weighted by molar-refractivity contribution is 5.51. The summed E-state index contributed by atoms with van der Waals surface area (Å²) in [5, 5.41) is 17.6. The summed E-state index contributed by atoms with van der Waals surface area (Å²) >= 11 is 0. The lowest BCUT2D eigenvalue weighted by Gasteiger charge is -2.45. The molecule has 0 aromatic heterocycles. The van der Waals surface area contributed by atoms with E-state index in [1.807, 2.05) is 7.05 Å². The maximum absolute atomic E-state index is 5.57. The van der Waals surface area contributed by atoms with E-state index in [9.17, 15) is 0 Å². The molecule has 1 aromatic rings. The minimum Gasteiger partial charge on any atom is -0.496 e. The van der Waals surface area contributed by atoms with Gasteiger partial charge in [0.2, 0.25) is 0 Å². The Morgan fingerprint density at radius 1 is 1.21 bits per heavy atom. The molecule has 29 heavy (non-hydrogen) atoms. The van der Waals surface area contributed by atoms with E-state index in [0.717, 1.165) is 44.0 Å². The van der Waals surface area contributed by atoms with Crippen LogP contribution in [0.2, 0.25) is 0 Å². The Morgan fingerprint density at radius 3 is 2.72 bits per heavy atom. The van der Waals surface area contributed by atoms with Gasteiger partial charge in [-0.2, -0.15) is 0 Å². The number of hydrogen-bond acceptors (Lipinski definition) is 7. The lowest BCUT2D eigenvalue weighted by molar-refractivity contribution is 0.0484. The number of ether oxygens (including phenoxy) is 1. The summed E-state index contributed by atoms with van der Waals surface area (Å²) in [7, 11) is 5.77. The maximum atomic E-state index is 5.57. The van der Waals surface area contributed by atoms with Gasteiger partial charge in [0.15, 0.2) is 0 Å². The SMILES string of the molecule is CCCCCN1C(NC)CC(C)NC1Nc1ccc(OC)c(CNCCNC)c1. The number of anilines is 1. The molecule has 1 heterocycles. The molecule has 0 amide bonds. The smallest absolute Gasteiger partial charge is 0.136 e.